The first kappa shape index (κ1) is 23.4. The predicted molar refractivity (Wildman–Crippen MR) is 124 cm³/mol. The lowest BCUT2D eigenvalue weighted by Gasteiger charge is -2.23. The summed E-state index contributed by atoms with van der Waals surface area (Å²) in [7, 11) is -3.63. The summed E-state index contributed by atoms with van der Waals surface area (Å²) in [5.41, 5.74) is 6.62. The number of rotatable bonds is 9. The van der Waals surface area contributed by atoms with Crippen LogP contribution < -0.4 is 14.6 Å². The highest BCUT2D eigenvalue weighted by molar-refractivity contribution is 7.92. The van der Waals surface area contributed by atoms with Crippen molar-refractivity contribution in [2.24, 2.45) is 5.10 Å². The topological polar surface area (TPSA) is 82.1 Å². The highest BCUT2D eigenvalue weighted by Gasteiger charge is 2.22. The molecule has 0 fully saturated rings. The molecule has 0 bridgehead atoms. The Hall–Kier alpha value is -2.87. The molecule has 2 aromatic rings. The number of carbonyl (C=O) groups excluding carboxylic acids is 1. The van der Waals surface area contributed by atoms with Crippen LogP contribution in [0.15, 0.2) is 47.6 Å². The number of amides is 1. The first-order valence-electron chi connectivity index (χ1n) is 9.88. The standard InChI is InChI=1S/C22H30N4O3S/c1-6-25(7-2)20-13-11-19(12-14-20)15-23-24-22(27)16-26(30(5,28)29)21-10-8-9-17(3)18(21)4/h8-15H,6-7,16H2,1-5H3,(H,24,27)/b23-15-. The van der Waals surface area contributed by atoms with Gasteiger partial charge in [-0.2, -0.15) is 5.10 Å². The van der Waals surface area contributed by atoms with E-state index in [0.717, 1.165) is 46.0 Å². The summed E-state index contributed by atoms with van der Waals surface area (Å²) in [6.07, 6.45) is 2.62. The van der Waals surface area contributed by atoms with Crippen LogP contribution in [0.1, 0.15) is 30.5 Å². The number of anilines is 2. The third-order valence-electron chi connectivity index (χ3n) is 4.96. The fraction of sp³-hybridized carbons (Fsp3) is 0.364. The van der Waals surface area contributed by atoms with Crippen molar-refractivity contribution in [3.05, 3.63) is 59.2 Å². The van der Waals surface area contributed by atoms with Gasteiger partial charge >= 0.3 is 0 Å². The molecule has 0 unspecified atom stereocenters. The quantitative estimate of drug-likeness (QED) is 0.490. The number of benzene rings is 2. The summed E-state index contributed by atoms with van der Waals surface area (Å²) < 4.78 is 25.6. The molecule has 0 aliphatic carbocycles. The molecule has 0 saturated heterocycles. The Morgan fingerprint density at radius 1 is 1.07 bits per heavy atom. The van der Waals surface area contributed by atoms with Gasteiger partial charge in [-0.15, -0.1) is 0 Å². The van der Waals surface area contributed by atoms with Gasteiger partial charge in [-0.3, -0.25) is 9.10 Å². The Morgan fingerprint density at radius 3 is 2.27 bits per heavy atom. The van der Waals surface area contributed by atoms with Crippen LogP contribution in [0.3, 0.4) is 0 Å². The molecule has 0 heterocycles. The number of sulfonamides is 1. The van der Waals surface area contributed by atoms with Crippen LogP contribution in [0.4, 0.5) is 11.4 Å². The number of carbonyl (C=O) groups is 1. The lowest BCUT2D eigenvalue weighted by atomic mass is 10.1. The lowest BCUT2D eigenvalue weighted by Crippen LogP contribution is -2.39. The van der Waals surface area contributed by atoms with Gasteiger partial charge in [0.05, 0.1) is 18.2 Å². The predicted octanol–water partition coefficient (Wildman–Crippen LogP) is 3.07. The van der Waals surface area contributed by atoms with Crippen molar-refractivity contribution < 1.29 is 13.2 Å². The van der Waals surface area contributed by atoms with Gasteiger partial charge in [0.15, 0.2) is 0 Å². The Kier molecular flexibility index (Phi) is 8.00. The van der Waals surface area contributed by atoms with E-state index >= 15 is 0 Å². The molecule has 0 aliphatic rings. The Morgan fingerprint density at radius 2 is 1.70 bits per heavy atom. The molecule has 1 N–H and O–H groups in total. The van der Waals surface area contributed by atoms with Crippen molar-refractivity contribution in [3.8, 4) is 0 Å². The van der Waals surface area contributed by atoms with Crippen LogP contribution in [-0.2, 0) is 14.8 Å². The second kappa shape index (κ2) is 10.2. The molecule has 30 heavy (non-hydrogen) atoms. The first-order chi connectivity index (χ1) is 14.2. The highest BCUT2D eigenvalue weighted by Crippen LogP contribution is 2.24. The second-order valence-corrected chi connectivity index (χ2v) is 8.95. The van der Waals surface area contributed by atoms with Crippen molar-refractivity contribution >= 4 is 33.5 Å². The molecule has 0 spiro atoms. The van der Waals surface area contributed by atoms with Gasteiger partial charge in [-0.25, -0.2) is 13.8 Å². The normalized spacial score (nSPS) is 11.5. The van der Waals surface area contributed by atoms with E-state index in [1.165, 1.54) is 6.21 Å². The van der Waals surface area contributed by atoms with Crippen LogP contribution in [0, 0.1) is 13.8 Å². The van der Waals surface area contributed by atoms with Gasteiger partial charge < -0.3 is 4.90 Å². The second-order valence-electron chi connectivity index (χ2n) is 7.05. The zero-order valence-corrected chi connectivity index (χ0v) is 19.0. The van der Waals surface area contributed by atoms with Crippen molar-refractivity contribution in [1.29, 1.82) is 0 Å². The number of hydrogen-bond acceptors (Lipinski definition) is 5. The zero-order chi connectivity index (χ0) is 22.3. The summed E-state index contributed by atoms with van der Waals surface area (Å²) in [4.78, 5) is 14.6. The van der Waals surface area contributed by atoms with Crippen LogP contribution >= 0.6 is 0 Å². The molecule has 0 atom stereocenters. The minimum absolute atomic E-state index is 0.346. The molecular weight excluding hydrogens is 400 g/mol. The lowest BCUT2D eigenvalue weighted by molar-refractivity contribution is -0.119. The molecular formula is C22H30N4O3S. The molecule has 0 aliphatic heterocycles. The molecule has 2 aromatic carbocycles. The number of hydrogen-bond donors (Lipinski definition) is 1. The monoisotopic (exact) mass is 430 g/mol. The first-order valence-corrected chi connectivity index (χ1v) is 11.7. The van der Waals surface area contributed by atoms with Crippen molar-refractivity contribution in [2.45, 2.75) is 27.7 Å². The molecule has 0 aromatic heterocycles. The molecule has 8 heteroatoms. The summed E-state index contributed by atoms with van der Waals surface area (Å²) >= 11 is 0. The van der Waals surface area contributed by atoms with E-state index in [9.17, 15) is 13.2 Å². The van der Waals surface area contributed by atoms with E-state index in [-0.39, 0.29) is 6.54 Å². The van der Waals surface area contributed by atoms with Gasteiger partial charge in [0.2, 0.25) is 10.0 Å². The molecule has 0 radical (unpaired) electrons. The van der Waals surface area contributed by atoms with Crippen molar-refractivity contribution in [3.63, 3.8) is 0 Å². The fourth-order valence-electron chi connectivity index (χ4n) is 3.09. The third-order valence-corrected chi connectivity index (χ3v) is 6.08. The summed E-state index contributed by atoms with van der Waals surface area (Å²) in [5, 5.41) is 3.97. The van der Waals surface area contributed by atoms with Crippen LogP contribution in [0.25, 0.3) is 0 Å². The largest absolute Gasteiger partial charge is 0.372 e. The zero-order valence-electron chi connectivity index (χ0n) is 18.2. The van der Waals surface area contributed by atoms with Crippen LogP contribution in [-0.4, -0.2) is 46.4 Å². The highest BCUT2D eigenvalue weighted by atomic mass is 32.2. The van der Waals surface area contributed by atoms with E-state index in [1.807, 2.05) is 44.2 Å². The maximum atomic E-state index is 12.3. The number of hydrazone groups is 1. The number of nitrogens with one attached hydrogen (secondary N) is 1. The smallest absolute Gasteiger partial charge is 0.260 e. The van der Waals surface area contributed by atoms with Gasteiger partial charge in [-0.1, -0.05) is 24.3 Å². The van der Waals surface area contributed by atoms with Crippen molar-refractivity contribution in [2.75, 3.05) is 35.1 Å². The fourth-order valence-corrected chi connectivity index (χ4v) is 4.00. The summed E-state index contributed by atoms with van der Waals surface area (Å²) in [6, 6.07) is 13.2. The van der Waals surface area contributed by atoms with Gasteiger partial charge in [0.1, 0.15) is 6.54 Å². The molecule has 0 saturated carbocycles. The van der Waals surface area contributed by atoms with Gasteiger partial charge in [-0.05, 0) is 62.6 Å². The average Bonchev–Trinajstić information content (AvgIpc) is 2.70. The summed E-state index contributed by atoms with van der Waals surface area (Å²) in [6.45, 7) is 9.45. The maximum absolute atomic E-state index is 12.3. The SMILES string of the molecule is CCN(CC)c1ccc(/C=N\NC(=O)CN(c2cccc(C)c2C)S(C)(=O)=O)cc1. The molecule has 2 rings (SSSR count). The summed E-state index contributed by atoms with van der Waals surface area (Å²) in [5.74, 6) is -0.516. The van der Waals surface area contributed by atoms with E-state index in [4.69, 9.17) is 0 Å². The number of aryl methyl sites for hydroxylation is 1. The molecule has 162 valence electrons. The Bertz CT molecular complexity index is 998. The minimum Gasteiger partial charge on any atom is -0.372 e. The number of nitrogens with zero attached hydrogens (tertiary/aromatic N) is 3. The minimum atomic E-state index is -3.63. The van der Waals surface area contributed by atoms with E-state index < -0.39 is 15.9 Å². The van der Waals surface area contributed by atoms with Gasteiger partial charge in [0, 0.05) is 18.8 Å². The Balaban J connectivity index is 2.07. The van der Waals surface area contributed by atoms with Gasteiger partial charge in [0.25, 0.3) is 5.91 Å². The van der Waals surface area contributed by atoms with E-state index in [1.54, 1.807) is 12.1 Å². The van der Waals surface area contributed by atoms with Crippen LogP contribution in [0.2, 0.25) is 0 Å². The Labute approximate surface area is 179 Å². The molecule has 7 nitrogen and oxygen atoms in total. The van der Waals surface area contributed by atoms with E-state index in [0.29, 0.717) is 5.69 Å². The van der Waals surface area contributed by atoms with Crippen LogP contribution in [0.5, 0.6) is 0 Å². The van der Waals surface area contributed by atoms with E-state index in [2.05, 4.69) is 29.3 Å². The molecule has 1 amide bonds. The van der Waals surface area contributed by atoms with Crippen molar-refractivity contribution in [1.82, 2.24) is 5.43 Å². The average molecular weight is 431 g/mol. The third kappa shape index (κ3) is 6.06. The maximum Gasteiger partial charge on any atom is 0.260 e.